The number of carbonyl (C=O) groups excluding carboxylic acids is 1. The minimum absolute atomic E-state index is 0.0562. The van der Waals surface area contributed by atoms with Gasteiger partial charge in [0.05, 0.1) is 5.69 Å². The minimum Gasteiger partial charge on any atom is -0.295 e. The topological polar surface area (TPSA) is 29.4 Å². The van der Waals surface area contributed by atoms with Gasteiger partial charge in [0.15, 0.2) is 5.78 Å². The molecule has 13 heavy (non-hydrogen) atoms. The highest BCUT2D eigenvalue weighted by Crippen LogP contribution is 2.13. The van der Waals surface area contributed by atoms with Crippen LogP contribution in [0.2, 0.25) is 0 Å². The number of hydrogen-bond acceptors (Lipinski definition) is 2. The molecule has 0 aliphatic rings. The third-order valence-electron chi connectivity index (χ3n) is 1.56. The van der Waals surface area contributed by atoms with E-state index in [9.17, 15) is 4.79 Å². The fraction of sp³-hybridized carbons (Fsp3) is 0.300. The Morgan fingerprint density at radius 3 is 2.15 bits per heavy atom. The van der Waals surface area contributed by atoms with Crippen LogP contribution in [-0.4, -0.2) is 18.3 Å². The fourth-order valence-corrected chi connectivity index (χ4v) is 1.51. The molecule has 0 atom stereocenters. The van der Waals surface area contributed by atoms with Crippen LogP contribution in [0.1, 0.15) is 17.3 Å². The van der Waals surface area contributed by atoms with Crippen molar-refractivity contribution >= 4 is 22.2 Å². The first kappa shape index (κ1) is 10.1. The van der Waals surface area contributed by atoms with Gasteiger partial charge in [-0.3, -0.25) is 4.79 Å². The van der Waals surface area contributed by atoms with E-state index >= 15 is 0 Å². The molecular weight excluding hydrogens is 182 g/mol. The van der Waals surface area contributed by atoms with Crippen molar-refractivity contribution in [1.29, 1.82) is 0 Å². The largest absolute Gasteiger partial charge is 0.295 e. The first-order valence-corrected chi connectivity index (χ1v) is 6.00. The minimum atomic E-state index is 0.0562. The summed E-state index contributed by atoms with van der Waals surface area (Å²) >= 11 is 0. The summed E-state index contributed by atoms with van der Waals surface area (Å²) in [6.07, 6.45) is 4.11. The van der Waals surface area contributed by atoms with Crippen LogP contribution >= 0.6 is 0 Å². The Hall–Kier alpha value is -0.960. The molecule has 0 aliphatic carbocycles. The predicted molar refractivity (Wildman–Crippen MR) is 57.7 cm³/mol. The molecule has 2 nitrogen and oxygen atoms in total. The SMILES string of the molecule is CC(=O)c1ccc(N=S(C)C)cc1. The van der Waals surface area contributed by atoms with E-state index in [1.807, 2.05) is 24.3 Å². The second-order valence-electron chi connectivity index (χ2n) is 2.97. The lowest BCUT2D eigenvalue weighted by molar-refractivity contribution is 0.101. The normalized spacial score (nSPS) is 10.2. The molecule has 1 aromatic carbocycles. The van der Waals surface area contributed by atoms with Gasteiger partial charge in [0.2, 0.25) is 0 Å². The summed E-state index contributed by atoms with van der Waals surface area (Å²) in [7, 11) is 0.0562. The van der Waals surface area contributed by atoms with Crippen molar-refractivity contribution in [3.63, 3.8) is 0 Å². The highest BCUT2D eigenvalue weighted by Gasteiger charge is 1.97. The lowest BCUT2D eigenvalue weighted by atomic mass is 10.1. The Morgan fingerprint density at radius 1 is 1.23 bits per heavy atom. The molecule has 0 bridgehead atoms. The van der Waals surface area contributed by atoms with Crippen molar-refractivity contribution in [2.45, 2.75) is 6.92 Å². The van der Waals surface area contributed by atoms with Crippen LogP contribution in [0.3, 0.4) is 0 Å². The molecule has 1 rings (SSSR count). The van der Waals surface area contributed by atoms with Gasteiger partial charge in [-0.25, -0.2) is 4.36 Å². The summed E-state index contributed by atoms with van der Waals surface area (Å²) < 4.78 is 4.38. The van der Waals surface area contributed by atoms with E-state index in [2.05, 4.69) is 16.9 Å². The van der Waals surface area contributed by atoms with Crippen molar-refractivity contribution < 1.29 is 4.79 Å². The number of hydrogen-bond donors (Lipinski definition) is 0. The zero-order chi connectivity index (χ0) is 9.84. The van der Waals surface area contributed by atoms with Gasteiger partial charge in [0, 0.05) is 5.56 Å². The van der Waals surface area contributed by atoms with Gasteiger partial charge in [-0.1, -0.05) is 0 Å². The summed E-state index contributed by atoms with van der Waals surface area (Å²) in [6, 6.07) is 7.38. The molecule has 0 spiro atoms. The molecule has 3 heteroatoms. The van der Waals surface area contributed by atoms with Gasteiger partial charge in [0.1, 0.15) is 0 Å². The Morgan fingerprint density at radius 2 is 1.77 bits per heavy atom. The van der Waals surface area contributed by atoms with Crippen LogP contribution in [0.25, 0.3) is 0 Å². The Labute approximate surface area is 81.1 Å². The first-order valence-electron chi connectivity index (χ1n) is 4.00. The van der Waals surface area contributed by atoms with Crippen LogP contribution in [0.15, 0.2) is 28.6 Å². The number of ketones is 1. The zero-order valence-electron chi connectivity index (χ0n) is 8.07. The fourth-order valence-electron chi connectivity index (χ4n) is 0.968. The average molecular weight is 195 g/mol. The van der Waals surface area contributed by atoms with Crippen LogP contribution in [0, 0.1) is 0 Å². The van der Waals surface area contributed by atoms with Crippen LogP contribution in [-0.2, 0) is 10.7 Å². The average Bonchev–Trinajstić information content (AvgIpc) is 2.04. The van der Waals surface area contributed by atoms with Gasteiger partial charge in [-0.2, -0.15) is 0 Å². The first-order chi connectivity index (χ1) is 6.09. The van der Waals surface area contributed by atoms with Crippen molar-refractivity contribution in [2.24, 2.45) is 4.36 Å². The highest BCUT2D eigenvalue weighted by molar-refractivity contribution is 7.85. The molecule has 0 heterocycles. The third-order valence-corrected chi connectivity index (χ3v) is 2.14. The monoisotopic (exact) mass is 195 g/mol. The summed E-state index contributed by atoms with van der Waals surface area (Å²) in [4.78, 5) is 10.9. The summed E-state index contributed by atoms with van der Waals surface area (Å²) in [5, 5.41) is 0. The molecule has 0 fully saturated rings. The molecule has 0 aliphatic heterocycles. The van der Waals surface area contributed by atoms with Crippen LogP contribution in [0.4, 0.5) is 5.69 Å². The number of benzene rings is 1. The maximum atomic E-state index is 10.9. The molecule has 0 aromatic heterocycles. The molecule has 0 saturated carbocycles. The molecule has 0 saturated heterocycles. The number of carbonyl (C=O) groups is 1. The second kappa shape index (κ2) is 4.33. The van der Waals surface area contributed by atoms with Gasteiger partial charge in [-0.15, -0.1) is 10.7 Å². The maximum Gasteiger partial charge on any atom is 0.159 e. The molecule has 0 radical (unpaired) electrons. The van der Waals surface area contributed by atoms with Crippen molar-refractivity contribution in [2.75, 3.05) is 12.5 Å². The molecule has 0 unspecified atom stereocenters. The van der Waals surface area contributed by atoms with E-state index in [1.54, 1.807) is 6.92 Å². The Bertz CT molecular complexity index is 336. The van der Waals surface area contributed by atoms with Crippen molar-refractivity contribution in [3.05, 3.63) is 29.8 Å². The summed E-state index contributed by atoms with van der Waals surface area (Å²) in [5.41, 5.74) is 1.68. The number of rotatable bonds is 2. The molecular formula is C10H13NOS. The van der Waals surface area contributed by atoms with Crippen molar-refractivity contribution in [1.82, 2.24) is 0 Å². The van der Waals surface area contributed by atoms with Crippen molar-refractivity contribution in [3.8, 4) is 0 Å². The van der Waals surface area contributed by atoms with E-state index in [0.29, 0.717) is 0 Å². The lowest BCUT2D eigenvalue weighted by Crippen LogP contribution is -1.89. The van der Waals surface area contributed by atoms with E-state index in [4.69, 9.17) is 0 Å². The molecule has 0 N–H and O–H groups in total. The van der Waals surface area contributed by atoms with E-state index in [1.165, 1.54) is 0 Å². The summed E-state index contributed by atoms with van der Waals surface area (Å²) in [6.45, 7) is 1.57. The molecule has 1 aromatic rings. The van der Waals surface area contributed by atoms with E-state index in [-0.39, 0.29) is 16.5 Å². The van der Waals surface area contributed by atoms with E-state index in [0.717, 1.165) is 11.3 Å². The third kappa shape index (κ3) is 3.11. The highest BCUT2D eigenvalue weighted by atomic mass is 32.2. The smallest absolute Gasteiger partial charge is 0.159 e. The Kier molecular flexibility index (Phi) is 3.37. The Balaban J connectivity index is 2.94. The maximum absolute atomic E-state index is 10.9. The van der Waals surface area contributed by atoms with Crippen LogP contribution < -0.4 is 0 Å². The van der Waals surface area contributed by atoms with E-state index < -0.39 is 0 Å². The van der Waals surface area contributed by atoms with Gasteiger partial charge < -0.3 is 0 Å². The zero-order valence-corrected chi connectivity index (χ0v) is 8.89. The van der Waals surface area contributed by atoms with Gasteiger partial charge >= 0.3 is 0 Å². The lowest BCUT2D eigenvalue weighted by Gasteiger charge is -1.97. The van der Waals surface area contributed by atoms with Crippen LogP contribution in [0.5, 0.6) is 0 Å². The van der Waals surface area contributed by atoms with Gasteiger partial charge in [-0.05, 0) is 43.7 Å². The quantitative estimate of drug-likeness (QED) is 0.667. The van der Waals surface area contributed by atoms with Gasteiger partial charge in [0.25, 0.3) is 0 Å². The predicted octanol–water partition coefficient (Wildman–Crippen LogP) is 2.58. The second-order valence-corrected chi connectivity index (χ2v) is 4.70. The number of Topliss-reactive ketones (excluding diaryl/α,β-unsaturated/α-hetero) is 1. The molecule has 0 amide bonds. The number of nitrogens with zero attached hydrogens (tertiary/aromatic N) is 1. The summed E-state index contributed by atoms with van der Waals surface area (Å²) in [5.74, 6) is 0.0959. The standard InChI is InChI=1S/C10H13NOS/c1-8(12)9-4-6-10(7-5-9)11-13(2)3/h4-7H,1-3H3. The molecule has 70 valence electrons.